The predicted octanol–water partition coefficient (Wildman–Crippen LogP) is 1.80. The van der Waals surface area contributed by atoms with Crippen molar-refractivity contribution < 1.29 is 9.59 Å². The van der Waals surface area contributed by atoms with Gasteiger partial charge < -0.3 is 10.2 Å². The molecule has 126 valence electrons. The summed E-state index contributed by atoms with van der Waals surface area (Å²) in [7, 11) is 3.93. The Labute approximate surface area is 144 Å². The lowest BCUT2D eigenvalue weighted by atomic mass is 10.2. The minimum absolute atomic E-state index is 0.132. The molecule has 1 N–H and O–H groups in total. The van der Waals surface area contributed by atoms with E-state index in [0.29, 0.717) is 19.6 Å². The lowest BCUT2D eigenvalue weighted by Gasteiger charge is -2.15. The summed E-state index contributed by atoms with van der Waals surface area (Å²) in [5.41, 5.74) is 0.871. The number of hydrogen-bond donors (Lipinski definition) is 1. The summed E-state index contributed by atoms with van der Waals surface area (Å²) < 4.78 is 0. The Hall–Kier alpha value is -2.19. The molecule has 2 aromatic rings. The number of hydrogen-bond acceptors (Lipinski definition) is 7. The third-order valence-electron chi connectivity index (χ3n) is 3.58. The normalized spacial score (nSPS) is 14.9. The summed E-state index contributed by atoms with van der Waals surface area (Å²) in [5, 5.41) is 3.99. The first-order valence-corrected chi connectivity index (χ1v) is 8.64. The van der Waals surface area contributed by atoms with Crippen molar-refractivity contribution in [2.45, 2.75) is 6.54 Å². The summed E-state index contributed by atoms with van der Waals surface area (Å²) in [5.74, 6) is 1.56. The second-order valence-corrected chi connectivity index (χ2v) is 6.70. The van der Waals surface area contributed by atoms with E-state index in [0.717, 1.165) is 34.3 Å². The highest BCUT2D eigenvalue weighted by molar-refractivity contribution is 8.14. The van der Waals surface area contributed by atoms with E-state index in [4.69, 9.17) is 0 Å². The third-order valence-corrected chi connectivity index (χ3v) is 4.43. The second-order valence-electron chi connectivity index (χ2n) is 5.77. The van der Waals surface area contributed by atoms with Gasteiger partial charge in [-0.2, -0.15) is 0 Å². The van der Waals surface area contributed by atoms with Crippen LogP contribution in [0.15, 0.2) is 24.3 Å². The van der Waals surface area contributed by atoms with Gasteiger partial charge in [0.1, 0.15) is 11.6 Å². The van der Waals surface area contributed by atoms with Gasteiger partial charge in [-0.25, -0.2) is 9.97 Å². The molecule has 1 aromatic carbocycles. The van der Waals surface area contributed by atoms with E-state index in [-0.39, 0.29) is 16.9 Å². The Morgan fingerprint density at radius 2 is 2.04 bits per heavy atom. The van der Waals surface area contributed by atoms with E-state index in [1.165, 1.54) is 4.90 Å². The first-order valence-electron chi connectivity index (χ1n) is 7.66. The highest BCUT2D eigenvalue weighted by atomic mass is 32.2. The Morgan fingerprint density at radius 1 is 1.25 bits per heavy atom. The maximum absolute atomic E-state index is 11.6. The van der Waals surface area contributed by atoms with Gasteiger partial charge in [-0.15, -0.1) is 0 Å². The minimum atomic E-state index is -0.178. The van der Waals surface area contributed by atoms with Gasteiger partial charge in [0.25, 0.3) is 5.24 Å². The molecule has 0 radical (unpaired) electrons. The maximum atomic E-state index is 11.6. The standard InChI is InChI=1S/C16H19N5O2S/c1-20(2)9-13-18-12-6-4-3-5-11(12)15(19-13)17-7-8-21-14(22)10-24-16(21)23/h3-6H,7-10H2,1-2H3,(H,17,18,19). The van der Waals surface area contributed by atoms with Gasteiger partial charge in [-0.1, -0.05) is 23.9 Å². The third kappa shape index (κ3) is 3.65. The zero-order valence-electron chi connectivity index (χ0n) is 13.7. The van der Waals surface area contributed by atoms with E-state index in [9.17, 15) is 9.59 Å². The van der Waals surface area contributed by atoms with Crippen LogP contribution in [0.1, 0.15) is 5.82 Å². The monoisotopic (exact) mass is 345 g/mol. The summed E-state index contributed by atoms with van der Waals surface area (Å²) in [6.45, 7) is 1.44. The molecule has 0 unspecified atom stereocenters. The molecule has 7 nitrogen and oxygen atoms in total. The van der Waals surface area contributed by atoms with Gasteiger partial charge in [0.05, 0.1) is 17.8 Å². The molecular weight excluding hydrogens is 326 g/mol. The molecule has 0 aliphatic carbocycles. The summed E-state index contributed by atoms with van der Waals surface area (Å²) >= 11 is 1.05. The topological polar surface area (TPSA) is 78.4 Å². The van der Waals surface area contributed by atoms with E-state index >= 15 is 0 Å². The quantitative estimate of drug-likeness (QED) is 0.855. The molecule has 2 heterocycles. The van der Waals surface area contributed by atoms with Crippen molar-refractivity contribution >= 4 is 39.6 Å². The smallest absolute Gasteiger partial charge is 0.288 e. The Kier molecular flexibility index (Phi) is 4.96. The first-order chi connectivity index (χ1) is 11.5. The number of thioether (sulfide) groups is 1. The van der Waals surface area contributed by atoms with Crippen LogP contribution in [0.3, 0.4) is 0 Å². The number of para-hydroxylation sites is 1. The number of aromatic nitrogens is 2. The summed E-state index contributed by atoms with van der Waals surface area (Å²) in [4.78, 5) is 35.7. The summed E-state index contributed by atoms with van der Waals surface area (Å²) in [6, 6.07) is 7.79. The number of imide groups is 1. The number of anilines is 1. The largest absolute Gasteiger partial charge is 0.368 e. The van der Waals surface area contributed by atoms with Crippen LogP contribution in [0.5, 0.6) is 0 Å². The van der Waals surface area contributed by atoms with Crippen LogP contribution in [-0.2, 0) is 11.3 Å². The van der Waals surface area contributed by atoms with Crippen molar-refractivity contribution in [3.05, 3.63) is 30.1 Å². The molecule has 1 aliphatic rings. The van der Waals surface area contributed by atoms with Gasteiger partial charge in [-0.05, 0) is 26.2 Å². The Balaban J connectivity index is 1.77. The fourth-order valence-electron chi connectivity index (χ4n) is 2.50. The molecule has 0 bridgehead atoms. The van der Waals surface area contributed by atoms with Crippen LogP contribution in [0, 0.1) is 0 Å². The molecule has 24 heavy (non-hydrogen) atoms. The lowest BCUT2D eigenvalue weighted by Crippen LogP contribution is -2.33. The van der Waals surface area contributed by atoms with Crippen LogP contribution < -0.4 is 5.32 Å². The number of nitrogens with zero attached hydrogens (tertiary/aromatic N) is 4. The van der Waals surface area contributed by atoms with Gasteiger partial charge in [-0.3, -0.25) is 14.5 Å². The van der Waals surface area contributed by atoms with Crippen LogP contribution in [0.4, 0.5) is 10.6 Å². The highest BCUT2D eigenvalue weighted by Gasteiger charge is 2.29. The van der Waals surface area contributed by atoms with Crippen molar-refractivity contribution in [3.8, 4) is 0 Å². The first kappa shape index (κ1) is 16.7. The van der Waals surface area contributed by atoms with Crippen molar-refractivity contribution in [1.29, 1.82) is 0 Å². The number of rotatable bonds is 6. The number of amides is 2. The number of carbonyl (C=O) groups is 2. The Morgan fingerprint density at radius 3 is 2.75 bits per heavy atom. The minimum Gasteiger partial charge on any atom is -0.368 e. The SMILES string of the molecule is CN(C)Cc1nc(NCCN2C(=O)CSC2=O)c2ccccc2n1. The van der Waals surface area contributed by atoms with Gasteiger partial charge in [0, 0.05) is 18.5 Å². The van der Waals surface area contributed by atoms with Crippen LogP contribution >= 0.6 is 11.8 Å². The molecule has 8 heteroatoms. The molecule has 3 rings (SSSR count). The maximum Gasteiger partial charge on any atom is 0.288 e. The van der Waals surface area contributed by atoms with E-state index in [1.807, 2.05) is 43.3 Å². The molecule has 0 saturated carbocycles. The predicted molar refractivity (Wildman–Crippen MR) is 95.0 cm³/mol. The second kappa shape index (κ2) is 7.14. The molecule has 2 amide bonds. The van der Waals surface area contributed by atoms with E-state index in [2.05, 4.69) is 15.3 Å². The molecule has 1 aromatic heterocycles. The fraction of sp³-hybridized carbons (Fsp3) is 0.375. The molecule has 1 saturated heterocycles. The molecule has 0 spiro atoms. The van der Waals surface area contributed by atoms with Crippen LogP contribution in [-0.4, -0.2) is 63.9 Å². The average molecular weight is 345 g/mol. The number of fused-ring (bicyclic) bond motifs is 1. The van der Waals surface area contributed by atoms with Crippen molar-refractivity contribution in [2.75, 3.05) is 38.3 Å². The van der Waals surface area contributed by atoms with Gasteiger partial charge >= 0.3 is 0 Å². The van der Waals surface area contributed by atoms with Crippen molar-refractivity contribution in [3.63, 3.8) is 0 Å². The van der Waals surface area contributed by atoms with Crippen molar-refractivity contribution in [1.82, 2.24) is 19.8 Å². The molecular formula is C16H19N5O2S. The molecule has 0 atom stereocenters. The average Bonchev–Trinajstić information content (AvgIpc) is 2.86. The lowest BCUT2D eigenvalue weighted by molar-refractivity contribution is -0.124. The summed E-state index contributed by atoms with van der Waals surface area (Å²) in [6.07, 6.45) is 0. The van der Waals surface area contributed by atoms with Gasteiger partial charge in [0.15, 0.2) is 0 Å². The van der Waals surface area contributed by atoms with E-state index in [1.54, 1.807) is 0 Å². The number of carbonyl (C=O) groups excluding carboxylic acids is 2. The van der Waals surface area contributed by atoms with Crippen molar-refractivity contribution in [2.24, 2.45) is 0 Å². The fourth-order valence-corrected chi connectivity index (χ4v) is 3.25. The Bertz CT molecular complexity index is 764. The molecule has 1 fully saturated rings. The van der Waals surface area contributed by atoms with Crippen LogP contribution in [0.2, 0.25) is 0 Å². The number of nitrogens with one attached hydrogen (secondary N) is 1. The number of benzene rings is 1. The van der Waals surface area contributed by atoms with Crippen LogP contribution in [0.25, 0.3) is 10.9 Å². The zero-order chi connectivity index (χ0) is 17.1. The molecule has 1 aliphatic heterocycles. The zero-order valence-corrected chi connectivity index (χ0v) is 14.5. The van der Waals surface area contributed by atoms with Gasteiger partial charge in [0.2, 0.25) is 5.91 Å². The van der Waals surface area contributed by atoms with E-state index < -0.39 is 0 Å². The highest BCUT2D eigenvalue weighted by Crippen LogP contribution is 2.21.